The van der Waals surface area contributed by atoms with Gasteiger partial charge in [0.2, 0.25) is 0 Å². The van der Waals surface area contributed by atoms with Crippen molar-refractivity contribution < 1.29 is 22.0 Å². The van der Waals surface area contributed by atoms with Crippen molar-refractivity contribution in [3.63, 3.8) is 0 Å². The molecular formula is C19H15ClF2N6O3S. The molecule has 2 aromatic heterocycles. The Morgan fingerprint density at radius 2 is 1.88 bits per heavy atom. The first kappa shape index (κ1) is 21.7. The summed E-state index contributed by atoms with van der Waals surface area (Å²) >= 11 is 5.73. The summed E-state index contributed by atoms with van der Waals surface area (Å²) in [6.45, 7) is 0. The zero-order valence-electron chi connectivity index (χ0n) is 16.6. The Morgan fingerprint density at radius 3 is 2.53 bits per heavy atom. The smallest absolute Gasteiger partial charge is 0.274 e. The van der Waals surface area contributed by atoms with Crippen LogP contribution in [0.2, 0.25) is 5.02 Å². The Hall–Kier alpha value is -3.51. The molecule has 0 aliphatic rings. The van der Waals surface area contributed by atoms with E-state index in [1.54, 1.807) is 7.05 Å². The van der Waals surface area contributed by atoms with Crippen molar-refractivity contribution in [3.8, 4) is 0 Å². The van der Waals surface area contributed by atoms with E-state index >= 15 is 0 Å². The van der Waals surface area contributed by atoms with Crippen molar-refractivity contribution >= 4 is 49.8 Å². The molecule has 0 aliphatic carbocycles. The van der Waals surface area contributed by atoms with Gasteiger partial charge in [0.1, 0.15) is 22.2 Å². The van der Waals surface area contributed by atoms with Crippen LogP contribution >= 0.6 is 11.6 Å². The second kappa shape index (κ2) is 7.88. The third-order valence-electron chi connectivity index (χ3n) is 4.55. The van der Waals surface area contributed by atoms with Gasteiger partial charge in [-0.05, 0) is 30.3 Å². The Morgan fingerprint density at radius 1 is 1.12 bits per heavy atom. The number of rotatable bonds is 5. The zero-order chi connectivity index (χ0) is 23.2. The summed E-state index contributed by atoms with van der Waals surface area (Å²) in [6, 6.07) is 5.85. The van der Waals surface area contributed by atoms with Gasteiger partial charge in [-0.15, -0.1) is 0 Å². The van der Waals surface area contributed by atoms with Gasteiger partial charge in [0, 0.05) is 31.4 Å². The van der Waals surface area contributed by atoms with Crippen molar-refractivity contribution in [1.29, 1.82) is 0 Å². The number of halogens is 3. The first-order chi connectivity index (χ1) is 15.0. The van der Waals surface area contributed by atoms with Crippen LogP contribution in [0.5, 0.6) is 0 Å². The number of hydrogen-bond donors (Lipinski definition) is 2. The number of carbonyl (C=O) groups is 1. The normalized spacial score (nSPS) is 11.7. The minimum atomic E-state index is -4.08. The molecule has 0 atom stereocenters. The predicted molar refractivity (Wildman–Crippen MR) is 114 cm³/mol. The molecule has 2 N–H and O–H groups in total. The lowest BCUT2D eigenvalue weighted by Gasteiger charge is -2.08. The van der Waals surface area contributed by atoms with E-state index in [4.69, 9.17) is 11.6 Å². The highest BCUT2D eigenvalue weighted by molar-refractivity contribution is 7.92. The number of sulfonamides is 1. The summed E-state index contributed by atoms with van der Waals surface area (Å²) in [5.74, 6) is -2.18. The molecule has 4 rings (SSSR count). The molecule has 0 saturated heterocycles. The summed E-state index contributed by atoms with van der Waals surface area (Å²) in [4.78, 5) is 12.6. The number of aryl methyl sites for hydroxylation is 2. The largest absolute Gasteiger partial charge is 0.321 e. The van der Waals surface area contributed by atoms with E-state index in [0.29, 0.717) is 0 Å². The number of carbonyl (C=O) groups excluding carboxylic acids is 1. The predicted octanol–water partition coefficient (Wildman–Crippen LogP) is 3.29. The van der Waals surface area contributed by atoms with E-state index in [1.807, 2.05) is 0 Å². The fourth-order valence-corrected chi connectivity index (χ4v) is 4.29. The van der Waals surface area contributed by atoms with Crippen molar-refractivity contribution in [2.75, 3.05) is 10.0 Å². The zero-order valence-corrected chi connectivity index (χ0v) is 18.2. The van der Waals surface area contributed by atoms with Gasteiger partial charge in [0.05, 0.1) is 22.4 Å². The van der Waals surface area contributed by atoms with Crippen LogP contribution < -0.4 is 10.0 Å². The highest BCUT2D eigenvalue weighted by Crippen LogP contribution is 2.28. The number of fused-ring (bicyclic) bond motifs is 1. The van der Waals surface area contributed by atoms with Gasteiger partial charge in [0.25, 0.3) is 15.9 Å². The monoisotopic (exact) mass is 480 g/mol. The molecule has 166 valence electrons. The number of anilines is 2. The average molecular weight is 481 g/mol. The van der Waals surface area contributed by atoms with Gasteiger partial charge in [-0.1, -0.05) is 11.6 Å². The maximum Gasteiger partial charge on any atom is 0.274 e. The molecule has 0 spiro atoms. The van der Waals surface area contributed by atoms with E-state index in [0.717, 1.165) is 18.3 Å². The molecular weight excluding hydrogens is 466 g/mol. The Balaban J connectivity index is 1.68. The molecule has 0 radical (unpaired) electrons. The second-order valence-corrected chi connectivity index (χ2v) is 8.95. The third-order valence-corrected chi connectivity index (χ3v) is 6.16. The van der Waals surface area contributed by atoms with Gasteiger partial charge in [-0.2, -0.15) is 10.2 Å². The van der Waals surface area contributed by atoms with E-state index in [9.17, 15) is 22.0 Å². The van der Waals surface area contributed by atoms with Gasteiger partial charge >= 0.3 is 0 Å². The maximum absolute atomic E-state index is 14.8. The molecule has 0 unspecified atom stereocenters. The lowest BCUT2D eigenvalue weighted by atomic mass is 10.1. The van der Waals surface area contributed by atoms with Gasteiger partial charge in [0.15, 0.2) is 0 Å². The summed E-state index contributed by atoms with van der Waals surface area (Å²) in [5.41, 5.74) is 0.0925. The molecule has 4 aromatic rings. The highest BCUT2D eigenvalue weighted by Gasteiger charge is 2.22. The number of benzene rings is 2. The highest BCUT2D eigenvalue weighted by atomic mass is 35.5. The minimum absolute atomic E-state index is 0.0148. The van der Waals surface area contributed by atoms with Crippen LogP contribution in [0.4, 0.5) is 20.2 Å². The number of amides is 1. The summed E-state index contributed by atoms with van der Waals surface area (Å²) in [6.07, 6.45) is 2.40. The number of nitrogens with zero attached hydrogens (tertiary/aromatic N) is 4. The minimum Gasteiger partial charge on any atom is -0.321 e. The summed E-state index contributed by atoms with van der Waals surface area (Å²) in [5, 5.41) is 10.5. The first-order valence-electron chi connectivity index (χ1n) is 8.99. The van der Waals surface area contributed by atoms with Crippen LogP contribution in [-0.4, -0.2) is 33.9 Å². The molecule has 32 heavy (non-hydrogen) atoms. The van der Waals surface area contributed by atoms with Crippen molar-refractivity contribution in [2.45, 2.75) is 4.90 Å². The van der Waals surface area contributed by atoms with Crippen molar-refractivity contribution in [2.24, 2.45) is 14.1 Å². The number of aromatic nitrogens is 4. The standard InChI is InChI=1S/C19H15ClF2N6O3S/c1-27-9-11(8-23-27)32(30,31)26-17-7-16-12(6-15(17)22)18(28(2)25-16)19(29)24-10-3-4-14(21)13(20)5-10/h3-9,26H,1-2H3,(H,24,29). The Kier molecular flexibility index (Phi) is 5.34. The number of hydrogen-bond acceptors (Lipinski definition) is 5. The van der Waals surface area contributed by atoms with Gasteiger partial charge in [-0.25, -0.2) is 17.2 Å². The lowest BCUT2D eigenvalue weighted by Crippen LogP contribution is -2.16. The molecule has 1 amide bonds. The van der Waals surface area contributed by atoms with Gasteiger partial charge in [-0.3, -0.25) is 18.9 Å². The molecule has 13 heteroatoms. The van der Waals surface area contributed by atoms with Crippen LogP contribution in [0.15, 0.2) is 47.6 Å². The third kappa shape index (κ3) is 4.01. The van der Waals surface area contributed by atoms with Crippen molar-refractivity contribution in [1.82, 2.24) is 19.6 Å². The van der Waals surface area contributed by atoms with Crippen LogP contribution in [0.25, 0.3) is 10.9 Å². The maximum atomic E-state index is 14.8. The topological polar surface area (TPSA) is 111 Å². The van der Waals surface area contributed by atoms with E-state index in [2.05, 4.69) is 20.2 Å². The number of nitrogens with one attached hydrogen (secondary N) is 2. The second-order valence-electron chi connectivity index (χ2n) is 6.86. The van der Waals surface area contributed by atoms with Gasteiger partial charge < -0.3 is 5.32 Å². The Bertz CT molecular complexity index is 1480. The molecule has 0 fully saturated rings. The average Bonchev–Trinajstić information content (AvgIpc) is 3.28. The van der Waals surface area contributed by atoms with Crippen molar-refractivity contribution in [3.05, 3.63) is 65.1 Å². The summed E-state index contributed by atoms with van der Waals surface area (Å²) < 4.78 is 57.8. The molecule has 2 aromatic carbocycles. The molecule has 0 bridgehead atoms. The van der Waals surface area contributed by atoms with Crippen LogP contribution in [0.1, 0.15) is 10.5 Å². The quantitative estimate of drug-likeness (QED) is 0.455. The van der Waals surface area contributed by atoms with E-state index in [1.165, 1.54) is 40.8 Å². The fraction of sp³-hybridized carbons (Fsp3) is 0.105. The Labute approximate surface area is 185 Å². The van der Waals surface area contributed by atoms with E-state index < -0.39 is 27.6 Å². The molecule has 0 aliphatic heterocycles. The first-order valence-corrected chi connectivity index (χ1v) is 10.9. The molecule has 0 saturated carbocycles. The fourth-order valence-electron chi connectivity index (χ4n) is 3.07. The lowest BCUT2D eigenvalue weighted by molar-refractivity contribution is 0.101. The van der Waals surface area contributed by atoms with Crippen LogP contribution in [-0.2, 0) is 24.1 Å². The van der Waals surface area contributed by atoms with Crippen LogP contribution in [0.3, 0.4) is 0 Å². The summed E-state index contributed by atoms with van der Waals surface area (Å²) in [7, 11) is -1.06. The van der Waals surface area contributed by atoms with Crippen LogP contribution in [0, 0.1) is 11.6 Å². The molecule has 9 nitrogen and oxygen atoms in total. The molecule has 2 heterocycles. The SMILES string of the molecule is Cn1cc(S(=O)(=O)Nc2cc3nn(C)c(C(=O)Nc4ccc(F)c(Cl)c4)c3cc2F)cn1. The van der Waals surface area contributed by atoms with E-state index in [-0.39, 0.29) is 37.9 Å².